The summed E-state index contributed by atoms with van der Waals surface area (Å²) in [4.78, 5) is 16.1. The Morgan fingerprint density at radius 2 is 2.05 bits per heavy atom. The van der Waals surface area contributed by atoms with Crippen LogP contribution in [0.15, 0.2) is 46.9 Å². The van der Waals surface area contributed by atoms with E-state index in [-0.39, 0.29) is 12.5 Å². The van der Waals surface area contributed by atoms with E-state index in [1.165, 1.54) is 0 Å². The molecular formula is C15H16BrN3O. The lowest BCUT2D eigenvalue weighted by molar-refractivity contribution is -0.115. The van der Waals surface area contributed by atoms with Gasteiger partial charge in [-0.2, -0.15) is 0 Å². The standard InChI is InChI=1S/C15H16BrN3O/c1-11-4-2-7-14(18-11)9-17-10-15(20)19-13-6-3-5-12(16)8-13/h2-8,17H,9-10H2,1H3,(H,19,20). The molecule has 0 atom stereocenters. The topological polar surface area (TPSA) is 54.0 Å². The number of hydrogen-bond acceptors (Lipinski definition) is 3. The largest absolute Gasteiger partial charge is 0.325 e. The number of nitrogens with zero attached hydrogens (tertiary/aromatic N) is 1. The molecule has 0 radical (unpaired) electrons. The Kier molecular flexibility index (Phi) is 5.26. The average molecular weight is 334 g/mol. The predicted molar refractivity (Wildman–Crippen MR) is 83.5 cm³/mol. The Labute approximate surface area is 126 Å². The van der Waals surface area contributed by atoms with Crippen LogP contribution < -0.4 is 10.6 Å². The maximum absolute atomic E-state index is 11.8. The lowest BCUT2D eigenvalue weighted by Crippen LogP contribution is -2.28. The molecule has 0 saturated carbocycles. The molecular weight excluding hydrogens is 318 g/mol. The van der Waals surface area contributed by atoms with Crippen molar-refractivity contribution in [3.05, 3.63) is 58.3 Å². The van der Waals surface area contributed by atoms with Gasteiger partial charge in [-0.05, 0) is 37.3 Å². The van der Waals surface area contributed by atoms with Crippen molar-refractivity contribution in [2.45, 2.75) is 13.5 Å². The molecule has 1 aromatic carbocycles. The summed E-state index contributed by atoms with van der Waals surface area (Å²) in [5, 5.41) is 5.91. The lowest BCUT2D eigenvalue weighted by Gasteiger charge is -2.07. The number of rotatable bonds is 5. The molecule has 1 amide bonds. The minimum Gasteiger partial charge on any atom is -0.325 e. The van der Waals surface area contributed by atoms with E-state index in [2.05, 4.69) is 31.5 Å². The first kappa shape index (κ1) is 14.7. The van der Waals surface area contributed by atoms with E-state index in [9.17, 15) is 4.79 Å². The number of benzene rings is 1. The van der Waals surface area contributed by atoms with Crippen LogP contribution in [0.3, 0.4) is 0 Å². The number of anilines is 1. The van der Waals surface area contributed by atoms with E-state index in [1.807, 2.05) is 49.4 Å². The van der Waals surface area contributed by atoms with Crippen LogP contribution in [0, 0.1) is 6.92 Å². The minimum atomic E-state index is -0.0734. The fraction of sp³-hybridized carbons (Fsp3) is 0.200. The number of carbonyl (C=O) groups is 1. The van der Waals surface area contributed by atoms with Crippen molar-refractivity contribution < 1.29 is 4.79 Å². The summed E-state index contributed by atoms with van der Waals surface area (Å²) < 4.78 is 0.937. The Balaban J connectivity index is 1.78. The maximum atomic E-state index is 11.8. The number of hydrogen-bond donors (Lipinski definition) is 2. The van der Waals surface area contributed by atoms with Gasteiger partial charge in [0.15, 0.2) is 0 Å². The Morgan fingerprint density at radius 3 is 2.80 bits per heavy atom. The summed E-state index contributed by atoms with van der Waals surface area (Å²) in [5.41, 5.74) is 2.68. The number of halogens is 1. The van der Waals surface area contributed by atoms with E-state index in [0.29, 0.717) is 6.54 Å². The molecule has 0 aliphatic rings. The fourth-order valence-electron chi connectivity index (χ4n) is 1.77. The third-order valence-corrected chi connectivity index (χ3v) is 3.14. The summed E-state index contributed by atoms with van der Waals surface area (Å²) in [5.74, 6) is -0.0734. The Bertz CT molecular complexity index is 601. The molecule has 104 valence electrons. The monoisotopic (exact) mass is 333 g/mol. The van der Waals surface area contributed by atoms with Crippen molar-refractivity contribution in [3.63, 3.8) is 0 Å². The number of carbonyl (C=O) groups excluding carboxylic acids is 1. The molecule has 4 nitrogen and oxygen atoms in total. The van der Waals surface area contributed by atoms with E-state index in [1.54, 1.807) is 0 Å². The molecule has 0 fully saturated rings. The number of pyridine rings is 1. The molecule has 1 heterocycles. The van der Waals surface area contributed by atoms with Crippen LogP contribution in [0.1, 0.15) is 11.4 Å². The molecule has 20 heavy (non-hydrogen) atoms. The summed E-state index contributed by atoms with van der Waals surface area (Å²) >= 11 is 3.37. The van der Waals surface area contributed by atoms with Gasteiger partial charge in [-0.1, -0.05) is 28.1 Å². The molecule has 0 spiro atoms. The molecule has 0 unspecified atom stereocenters. The SMILES string of the molecule is Cc1cccc(CNCC(=O)Nc2cccc(Br)c2)n1. The van der Waals surface area contributed by atoms with Crippen molar-refractivity contribution in [3.8, 4) is 0 Å². The molecule has 1 aromatic heterocycles. The predicted octanol–water partition coefficient (Wildman–Crippen LogP) is 2.88. The van der Waals surface area contributed by atoms with Gasteiger partial charge < -0.3 is 10.6 Å². The van der Waals surface area contributed by atoms with Crippen molar-refractivity contribution >= 4 is 27.5 Å². The van der Waals surface area contributed by atoms with Gasteiger partial charge in [0.25, 0.3) is 0 Å². The molecule has 0 aliphatic heterocycles. The summed E-state index contributed by atoms with van der Waals surface area (Å²) in [6.45, 7) is 2.78. The number of nitrogens with one attached hydrogen (secondary N) is 2. The van der Waals surface area contributed by atoms with Crippen LogP contribution in [0.2, 0.25) is 0 Å². The third-order valence-electron chi connectivity index (χ3n) is 2.65. The lowest BCUT2D eigenvalue weighted by atomic mass is 10.3. The molecule has 2 rings (SSSR count). The number of aromatic nitrogens is 1. The average Bonchev–Trinajstić information content (AvgIpc) is 2.38. The van der Waals surface area contributed by atoms with Gasteiger partial charge >= 0.3 is 0 Å². The first-order valence-corrected chi connectivity index (χ1v) is 7.11. The first-order valence-electron chi connectivity index (χ1n) is 6.32. The van der Waals surface area contributed by atoms with Crippen LogP contribution in [-0.2, 0) is 11.3 Å². The van der Waals surface area contributed by atoms with Crippen LogP contribution in [0.25, 0.3) is 0 Å². The first-order chi connectivity index (χ1) is 9.63. The van der Waals surface area contributed by atoms with Crippen molar-refractivity contribution in [2.75, 3.05) is 11.9 Å². The van der Waals surface area contributed by atoms with Crippen molar-refractivity contribution in [2.24, 2.45) is 0 Å². The van der Waals surface area contributed by atoms with Crippen molar-refractivity contribution in [1.82, 2.24) is 10.3 Å². The Hall–Kier alpha value is -1.72. The molecule has 2 N–H and O–H groups in total. The van der Waals surface area contributed by atoms with Crippen LogP contribution in [-0.4, -0.2) is 17.4 Å². The molecule has 0 bridgehead atoms. The summed E-state index contributed by atoms with van der Waals surface area (Å²) in [6.07, 6.45) is 0. The molecule has 0 saturated heterocycles. The second-order valence-electron chi connectivity index (χ2n) is 4.43. The van der Waals surface area contributed by atoms with Gasteiger partial charge in [-0.25, -0.2) is 0 Å². The number of amides is 1. The highest BCUT2D eigenvalue weighted by Crippen LogP contribution is 2.15. The minimum absolute atomic E-state index is 0.0734. The molecule has 2 aromatic rings. The van der Waals surface area contributed by atoms with E-state index in [4.69, 9.17) is 0 Å². The van der Waals surface area contributed by atoms with Gasteiger partial charge in [0.1, 0.15) is 0 Å². The van der Waals surface area contributed by atoms with Crippen LogP contribution in [0.4, 0.5) is 5.69 Å². The van der Waals surface area contributed by atoms with Gasteiger partial charge in [-0.15, -0.1) is 0 Å². The zero-order chi connectivity index (χ0) is 14.4. The highest BCUT2D eigenvalue weighted by Gasteiger charge is 2.02. The molecule has 0 aliphatic carbocycles. The quantitative estimate of drug-likeness (QED) is 0.884. The van der Waals surface area contributed by atoms with E-state index < -0.39 is 0 Å². The second-order valence-corrected chi connectivity index (χ2v) is 5.35. The smallest absolute Gasteiger partial charge is 0.238 e. The normalized spacial score (nSPS) is 10.3. The third kappa shape index (κ3) is 4.75. The highest BCUT2D eigenvalue weighted by atomic mass is 79.9. The second kappa shape index (κ2) is 7.17. The van der Waals surface area contributed by atoms with Gasteiger partial charge in [0.2, 0.25) is 5.91 Å². The van der Waals surface area contributed by atoms with Gasteiger partial charge in [0.05, 0.1) is 12.2 Å². The Morgan fingerprint density at radius 1 is 1.25 bits per heavy atom. The van der Waals surface area contributed by atoms with Crippen LogP contribution in [0.5, 0.6) is 0 Å². The van der Waals surface area contributed by atoms with Crippen LogP contribution >= 0.6 is 15.9 Å². The zero-order valence-electron chi connectivity index (χ0n) is 11.2. The molecule has 5 heteroatoms. The zero-order valence-corrected chi connectivity index (χ0v) is 12.8. The fourth-order valence-corrected chi connectivity index (χ4v) is 2.17. The summed E-state index contributed by atoms with van der Waals surface area (Å²) in [7, 11) is 0. The van der Waals surface area contributed by atoms with Gasteiger partial charge in [-0.3, -0.25) is 9.78 Å². The number of aryl methyl sites for hydroxylation is 1. The van der Waals surface area contributed by atoms with Crippen molar-refractivity contribution in [1.29, 1.82) is 0 Å². The summed E-state index contributed by atoms with van der Waals surface area (Å²) in [6, 6.07) is 13.3. The van der Waals surface area contributed by atoms with Gasteiger partial charge in [0, 0.05) is 22.4 Å². The maximum Gasteiger partial charge on any atom is 0.238 e. The van der Waals surface area contributed by atoms with E-state index >= 15 is 0 Å². The highest BCUT2D eigenvalue weighted by molar-refractivity contribution is 9.10. The van der Waals surface area contributed by atoms with E-state index in [0.717, 1.165) is 21.5 Å².